The van der Waals surface area contributed by atoms with Gasteiger partial charge < -0.3 is 10.1 Å². The molecule has 2 aromatic heterocycles. The SMILES string of the molecule is CC(C)c1ccc(Oc2cc(C(=O)NC(c3noc(=O)[nH]3)C(C)(C)C)ccn2)cc1. The standard InChI is InChI=1S/C22H26N4O4/c1-13(2)14-6-8-16(9-7-14)29-17-12-15(10-11-23-17)20(27)24-18(22(3,4)5)19-25-21(28)30-26-19/h6-13,18H,1-5H3,(H,24,27)(H,25,26,28). The predicted molar refractivity (Wildman–Crippen MR) is 112 cm³/mol. The van der Waals surface area contributed by atoms with E-state index in [9.17, 15) is 9.59 Å². The van der Waals surface area contributed by atoms with E-state index in [1.54, 1.807) is 12.1 Å². The molecule has 2 heterocycles. The van der Waals surface area contributed by atoms with Crippen molar-refractivity contribution in [3.8, 4) is 11.6 Å². The number of hydrogen-bond donors (Lipinski definition) is 2. The summed E-state index contributed by atoms with van der Waals surface area (Å²) in [6.45, 7) is 10.0. The third kappa shape index (κ3) is 5.14. The summed E-state index contributed by atoms with van der Waals surface area (Å²) in [5.41, 5.74) is 1.17. The van der Waals surface area contributed by atoms with Gasteiger partial charge >= 0.3 is 5.76 Å². The summed E-state index contributed by atoms with van der Waals surface area (Å²) in [6.07, 6.45) is 1.51. The van der Waals surface area contributed by atoms with Gasteiger partial charge in [0.15, 0.2) is 5.82 Å². The summed E-state index contributed by atoms with van der Waals surface area (Å²) < 4.78 is 10.4. The molecule has 0 aliphatic heterocycles. The Kier molecular flexibility index (Phi) is 6.05. The number of hydrogen-bond acceptors (Lipinski definition) is 6. The van der Waals surface area contributed by atoms with Gasteiger partial charge in [-0.2, -0.15) is 0 Å². The average molecular weight is 410 g/mol. The van der Waals surface area contributed by atoms with Crippen molar-refractivity contribution in [3.05, 3.63) is 70.1 Å². The molecule has 0 fully saturated rings. The lowest BCUT2D eigenvalue weighted by Gasteiger charge is -2.29. The smallest absolute Gasteiger partial charge is 0.438 e. The number of nitrogens with zero attached hydrogens (tertiary/aromatic N) is 2. The summed E-state index contributed by atoms with van der Waals surface area (Å²) in [5, 5.41) is 6.63. The average Bonchev–Trinajstić information content (AvgIpc) is 3.11. The van der Waals surface area contributed by atoms with Crippen LogP contribution in [-0.4, -0.2) is 21.0 Å². The zero-order chi connectivity index (χ0) is 21.9. The molecule has 1 aromatic carbocycles. The molecule has 158 valence electrons. The second-order valence-electron chi connectivity index (χ2n) is 8.46. The van der Waals surface area contributed by atoms with Crippen molar-refractivity contribution in [2.45, 2.75) is 46.6 Å². The zero-order valence-electron chi connectivity index (χ0n) is 17.7. The lowest BCUT2D eigenvalue weighted by Crippen LogP contribution is -2.37. The Morgan fingerprint density at radius 2 is 1.87 bits per heavy atom. The van der Waals surface area contributed by atoms with Crippen LogP contribution in [0.1, 0.15) is 68.3 Å². The Morgan fingerprint density at radius 1 is 1.17 bits per heavy atom. The number of aromatic nitrogens is 3. The van der Waals surface area contributed by atoms with E-state index in [4.69, 9.17) is 4.74 Å². The van der Waals surface area contributed by atoms with Gasteiger partial charge in [-0.25, -0.2) is 9.78 Å². The first-order chi connectivity index (χ1) is 14.1. The molecule has 8 nitrogen and oxygen atoms in total. The molecule has 30 heavy (non-hydrogen) atoms. The number of ether oxygens (including phenoxy) is 1. The first-order valence-corrected chi connectivity index (χ1v) is 9.74. The van der Waals surface area contributed by atoms with Crippen molar-refractivity contribution in [3.63, 3.8) is 0 Å². The maximum absolute atomic E-state index is 12.9. The maximum atomic E-state index is 12.9. The van der Waals surface area contributed by atoms with E-state index in [-0.39, 0.29) is 11.7 Å². The van der Waals surface area contributed by atoms with Crippen LogP contribution >= 0.6 is 0 Å². The Bertz CT molecular complexity index is 1060. The number of aromatic amines is 1. The monoisotopic (exact) mass is 410 g/mol. The van der Waals surface area contributed by atoms with Crippen molar-refractivity contribution >= 4 is 5.91 Å². The van der Waals surface area contributed by atoms with Gasteiger partial charge in [0.1, 0.15) is 5.75 Å². The summed E-state index contributed by atoms with van der Waals surface area (Å²) in [6, 6.07) is 10.4. The topological polar surface area (TPSA) is 110 Å². The minimum atomic E-state index is -0.670. The molecule has 1 unspecified atom stereocenters. The molecule has 1 amide bonds. The van der Waals surface area contributed by atoms with Gasteiger partial charge in [-0.15, -0.1) is 0 Å². The Labute approximate surface area is 174 Å². The van der Waals surface area contributed by atoms with Gasteiger partial charge in [0, 0.05) is 17.8 Å². The van der Waals surface area contributed by atoms with E-state index < -0.39 is 17.2 Å². The lowest BCUT2D eigenvalue weighted by atomic mass is 9.86. The van der Waals surface area contributed by atoms with E-state index in [1.807, 2.05) is 45.0 Å². The highest BCUT2D eigenvalue weighted by molar-refractivity contribution is 5.94. The van der Waals surface area contributed by atoms with Crippen LogP contribution in [0.3, 0.4) is 0 Å². The van der Waals surface area contributed by atoms with Crippen molar-refractivity contribution in [2.75, 3.05) is 0 Å². The van der Waals surface area contributed by atoms with Crippen LogP contribution < -0.4 is 15.8 Å². The second-order valence-corrected chi connectivity index (χ2v) is 8.46. The molecular formula is C22H26N4O4. The molecule has 0 aliphatic rings. The van der Waals surface area contributed by atoms with Gasteiger partial charge in [-0.05, 0) is 35.1 Å². The molecular weight excluding hydrogens is 384 g/mol. The van der Waals surface area contributed by atoms with E-state index in [0.29, 0.717) is 23.1 Å². The maximum Gasteiger partial charge on any atom is 0.438 e. The molecule has 8 heteroatoms. The van der Waals surface area contributed by atoms with Crippen LogP contribution in [0.15, 0.2) is 51.9 Å². The molecule has 2 N–H and O–H groups in total. The zero-order valence-corrected chi connectivity index (χ0v) is 17.7. The molecule has 0 aliphatic carbocycles. The van der Waals surface area contributed by atoms with E-state index >= 15 is 0 Å². The van der Waals surface area contributed by atoms with Crippen LogP contribution in [0.2, 0.25) is 0 Å². The summed E-state index contributed by atoms with van der Waals surface area (Å²) in [5.74, 6) is 0.619. The third-order valence-corrected chi connectivity index (χ3v) is 4.64. The van der Waals surface area contributed by atoms with Crippen LogP contribution in [0, 0.1) is 5.41 Å². The molecule has 0 bridgehead atoms. The Morgan fingerprint density at radius 3 is 2.43 bits per heavy atom. The van der Waals surface area contributed by atoms with Crippen LogP contribution in [-0.2, 0) is 0 Å². The summed E-state index contributed by atoms with van der Waals surface area (Å²) in [7, 11) is 0. The number of amides is 1. The molecule has 3 aromatic rings. The highest BCUT2D eigenvalue weighted by atomic mass is 16.5. The first-order valence-electron chi connectivity index (χ1n) is 9.74. The fraction of sp³-hybridized carbons (Fsp3) is 0.364. The van der Waals surface area contributed by atoms with Crippen molar-refractivity contribution in [1.29, 1.82) is 0 Å². The van der Waals surface area contributed by atoms with Gasteiger partial charge in [0.05, 0.1) is 6.04 Å². The molecule has 0 saturated heterocycles. The fourth-order valence-corrected chi connectivity index (χ4v) is 2.92. The summed E-state index contributed by atoms with van der Waals surface area (Å²) in [4.78, 5) is 30.9. The number of carbonyl (C=O) groups excluding carboxylic acids is 1. The van der Waals surface area contributed by atoms with Crippen molar-refractivity contribution in [2.24, 2.45) is 5.41 Å². The minimum Gasteiger partial charge on any atom is -0.439 e. The highest BCUT2D eigenvalue weighted by Crippen LogP contribution is 2.31. The van der Waals surface area contributed by atoms with Gasteiger partial charge in [0.25, 0.3) is 5.91 Å². The molecule has 0 saturated carbocycles. The van der Waals surface area contributed by atoms with E-state index in [0.717, 1.165) is 0 Å². The second kappa shape index (κ2) is 8.52. The predicted octanol–water partition coefficient (Wildman–Crippen LogP) is 4.19. The third-order valence-electron chi connectivity index (χ3n) is 4.64. The number of nitrogens with one attached hydrogen (secondary N) is 2. The summed E-state index contributed by atoms with van der Waals surface area (Å²) >= 11 is 0. The molecule has 3 rings (SSSR count). The van der Waals surface area contributed by atoms with Crippen molar-refractivity contribution < 1.29 is 14.1 Å². The van der Waals surface area contributed by atoms with Gasteiger partial charge in [-0.1, -0.05) is 51.9 Å². The molecule has 0 spiro atoms. The fourth-order valence-electron chi connectivity index (χ4n) is 2.92. The largest absolute Gasteiger partial charge is 0.439 e. The Hall–Kier alpha value is -3.42. The normalized spacial score (nSPS) is 12.6. The quantitative estimate of drug-likeness (QED) is 0.630. The molecule has 0 radical (unpaired) electrons. The highest BCUT2D eigenvalue weighted by Gasteiger charge is 2.31. The minimum absolute atomic E-state index is 0.261. The van der Waals surface area contributed by atoms with E-state index in [2.05, 4.69) is 38.8 Å². The number of rotatable bonds is 6. The first kappa shape index (κ1) is 21.3. The van der Waals surface area contributed by atoms with E-state index in [1.165, 1.54) is 11.8 Å². The number of pyridine rings is 1. The number of H-pyrrole nitrogens is 1. The van der Waals surface area contributed by atoms with Crippen LogP contribution in [0.5, 0.6) is 11.6 Å². The number of benzene rings is 1. The van der Waals surface area contributed by atoms with Gasteiger partial charge in [-0.3, -0.25) is 14.3 Å². The molecule has 1 atom stereocenters. The van der Waals surface area contributed by atoms with Crippen molar-refractivity contribution in [1.82, 2.24) is 20.4 Å². The van der Waals surface area contributed by atoms with Crippen LogP contribution in [0.25, 0.3) is 0 Å². The lowest BCUT2D eigenvalue weighted by molar-refractivity contribution is 0.0895. The number of carbonyl (C=O) groups is 1. The van der Waals surface area contributed by atoms with Crippen LogP contribution in [0.4, 0.5) is 0 Å². The van der Waals surface area contributed by atoms with Gasteiger partial charge in [0.2, 0.25) is 5.88 Å². The Balaban J connectivity index is 1.77.